The molecule has 1 saturated heterocycles. The first-order chi connectivity index (χ1) is 12.5. The lowest BCUT2D eigenvalue weighted by molar-refractivity contribution is -0.137. The van der Waals surface area contributed by atoms with Gasteiger partial charge in [0.05, 0.1) is 12.0 Å². The summed E-state index contributed by atoms with van der Waals surface area (Å²) in [5.74, 6) is -0.0968. The molecule has 1 atom stereocenters. The molecule has 2 heterocycles. The van der Waals surface area contributed by atoms with Crippen molar-refractivity contribution in [3.05, 3.63) is 50.4 Å². The molecule has 2 aromatic rings. The number of thiazole rings is 1. The third-order valence-electron chi connectivity index (χ3n) is 5.55. The van der Waals surface area contributed by atoms with Crippen molar-refractivity contribution in [1.82, 2.24) is 9.88 Å². The Labute approximate surface area is 160 Å². The number of halogens is 1. The summed E-state index contributed by atoms with van der Waals surface area (Å²) in [7, 11) is 0. The number of likely N-dealkylation sites (tertiary alicyclic amines) is 1. The molecule has 2 aliphatic rings. The minimum atomic E-state index is -0.492. The molecule has 4 rings (SSSR count). The van der Waals surface area contributed by atoms with E-state index in [0.717, 1.165) is 36.2 Å². The number of aromatic nitrogens is 1. The zero-order valence-electron chi connectivity index (χ0n) is 14.2. The highest BCUT2D eigenvalue weighted by molar-refractivity contribution is 7.15. The summed E-state index contributed by atoms with van der Waals surface area (Å²) in [6.45, 7) is 0.799. The zero-order chi connectivity index (χ0) is 18.3. The Kier molecular flexibility index (Phi) is 4.59. The molecule has 1 fully saturated rings. The Morgan fingerprint density at radius 1 is 1.35 bits per heavy atom. The van der Waals surface area contributed by atoms with Crippen LogP contribution in [0.15, 0.2) is 24.4 Å². The molecule has 0 unspecified atom stereocenters. The van der Waals surface area contributed by atoms with Gasteiger partial charge in [-0.25, -0.2) is 4.98 Å². The number of carbonyl (C=O) groups excluding carboxylic acids is 2. The molecule has 0 bridgehead atoms. The van der Waals surface area contributed by atoms with Crippen LogP contribution in [0.25, 0.3) is 0 Å². The smallest absolute Gasteiger partial charge is 0.229 e. The van der Waals surface area contributed by atoms with Crippen LogP contribution in [0.1, 0.15) is 39.2 Å². The highest BCUT2D eigenvalue weighted by atomic mass is 35.5. The number of aliphatic hydroxyl groups is 1. The van der Waals surface area contributed by atoms with Gasteiger partial charge < -0.3 is 10.0 Å². The normalized spacial score (nSPS) is 22.1. The molecule has 5 nitrogen and oxygen atoms in total. The second kappa shape index (κ2) is 6.76. The van der Waals surface area contributed by atoms with E-state index in [1.54, 1.807) is 12.3 Å². The third kappa shape index (κ3) is 3.06. The number of fused-ring (bicyclic) bond motifs is 1. The number of hydrogen-bond donors (Lipinski definition) is 1. The zero-order valence-corrected chi connectivity index (χ0v) is 15.8. The van der Waals surface area contributed by atoms with Gasteiger partial charge in [0.25, 0.3) is 0 Å². The molecule has 1 aromatic heterocycles. The molecule has 1 N–H and O–H groups in total. The maximum atomic E-state index is 13.1. The number of amides is 1. The number of aryl methyl sites for hydroxylation is 1. The Balaban J connectivity index is 1.55. The monoisotopic (exact) mass is 390 g/mol. The van der Waals surface area contributed by atoms with Crippen molar-refractivity contribution in [3.63, 3.8) is 0 Å². The van der Waals surface area contributed by atoms with Crippen LogP contribution in [-0.4, -0.2) is 39.8 Å². The summed E-state index contributed by atoms with van der Waals surface area (Å²) in [4.78, 5) is 31.9. The molecular formula is C19H19ClN2O3S. The summed E-state index contributed by atoms with van der Waals surface area (Å²) >= 11 is 7.30. The number of benzene rings is 1. The van der Waals surface area contributed by atoms with Gasteiger partial charge in [-0.15, -0.1) is 11.3 Å². The Hall–Kier alpha value is -1.76. The first-order valence-electron chi connectivity index (χ1n) is 8.66. The maximum Gasteiger partial charge on any atom is 0.229 e. The number of carbonyl (C=O) groups is 2. The molecule has 1 spiro atoms. The number of aliphatic hydroxyl groups excluding tert-OH is 1. The average Bonchev–Trinajstić information content (AvgIpc) is 3.19. The fourth-order valence-corrected chi connectivity index (χ4v) is 5.10. The minimum Gasteiger partial charge on any atom is -0.388 e. The molecule has 1 aliphatic carbocycles. The lowest BCUT2D eigenvalue weighted by Gasteiger charge is -2.33. The molecule has 1 amide bonds. The first kappa shape index (κ1) is 17.6. The van der Waals surface area contributed by atoms with Gasteiger partial charge >= 0.3 is 0 Å². The van der Waals surface area contributed by atoms with Crippen molar-refractivity contribution in [1.29, 1.82) is 0 Å². The van der Waals surface area contributed by atoms with Crippen molar-refractivity contribution in [2.75, 3.05) is 13.2 Å². The lowest BCUT2D eigenvalue weighted by atomic mass is 9.70. The average molecular weight is 391 g/mol. The van der Waals surface area contributed by atoms with Crippen LogP contribution in [0.5, 0.6) is 0 Å². The second-order valence-electron chi connectivity index (χ2n) is 7.08. The predicted octanol–water partition coefficient (Wildman–Crippen LogP) is 2.88. The number of nitrogens with zero attached hydrogens (tertiary/aromatic N) is 2. The highest BCUT2D eigenvalue weighted by Gasteiger charge is 2.48. The minimum absolute atomic E-state index is 0.187. The van der Waals surface area contributed by atoms with Gasteiger partial charge in [-0.3, -0.25) is 9.59 Å². The Bertz CT molecular complexity index is 881. The topological polar surface area (TPSA) is 70.5 Å². The second-order valence-corrected chi connectivity index (χ2v) is 8.78. The van der Waals surface area contributed by atoms with Crippen molar-refractivity contribution in [2.24, 2.45) is 5.41 Å². The first-order valence-corrected chi connectivity index (χ1v) is 9.86. The number of hydrogen-bond acceptors (Lipinski definition) is 5. The van der Waals surface area contributed by atoms with Crippen molar-refractivity contribution >= 4 is 34.6 Å². The van der Waals surface area contributed by atoms with Gasteiger partial charge in [0, 0.05) is 23.2 Å². The molecule has 1 aromatic carbocycles. The summed E-state index contributed by atoms with van der Waals surface area (Å²) in [5, 5.41) is 9.09. The van der Waals surface area contributed by atoms with Gasteiger partial charge in [-0.1, -0.05) is 23.7 Å². The van der Waals surface area contributed by atoms with Gasteiger partial charge in [0.1, 0.15) is 6.61 Å². The molecule has 7 heteroatoms. The van der Waals surface area contributed by atoms with E-state index in [-0.39, 0.29) is 17.1 Å². The van der Waals surface area contributed by atoms with E-state index in [4.69, 9.17) is 16.7 Å². The van der Waals surface area contributed by atoms with Gasteiger partial charge in [0.2, 0.25) is 5.91 Å². The predicted molar refractivity (Wildman–Crippen MR) is 99.5 cm³/mol. The quantitative estimate of drug-likeness (QED) is 0.815. The van der Waals surface area contributed by atoms with E-state index in [1.807, 2.05) is 17.0 Å². The standard InChI is InChI=1S/C19H19ClN2O3S/c20-18-21-9-15(26-18)10-22-6-5-19(17(22)25)4-3-12-1-2-13(16(24)11-23)7-14(12)8-19/h1-2,7,9,23H,3-6,8,10-11H2/t19-/m1/s1. The molecule has 0 saturated carbocycles. The fourth-order valence-electron chi connectivity index (χ4n) is 4.11. The van der Waals surface area contributed by atoms with Gasteiger partial charge in [-0.05, 0) is 42.9 Å². The Morgan fingerprint density at radius 3 is 2.92 bits per heavy atom. The van der Waals surface area contributed by atoms with E-state index in [0.29, 0.717) is 23.0 Å². The van der Waals surface area contributed by atoms with E-state index < -0.39 is 6.61 Å². The van der Waals surface area contributed by atoms with Crippen LogP contribution in [0.2, 0.25) is 4.47 Å². The lowest BCUT2D eigenvalue weighted by Crippen LogP contribution is -2.38. The van der Waals surface area contributed by atoms with Gasteiger partial charge in [-0.2, -0.15) is 0 Å². The third-order valence-corrected chi connectivity index (χ3v) is 6.65. The van der Waals surface area contributed by atoms with E-state index in [1.165, 1.54) is 16.9 Å². The molecule has 26 heavy (non-hydrogen) atoms. The number of Topliss-reactive ketones (excluding diaryl/α,β-unsaturated/α-hetero) is 1. The van der Waals surface area contributed by atoms with Crippen LogP contribution >= 0.6 is 22.9 Å². The number of rotatable bonds is 4. The van der Waals surface area contributed by atoms with Gasteiger partial charge in [0.15, 0.2) is 10.3 Å². The summed E-state index contributed by atoms with van der Waals surface area (Å²) < 4.78 is 0.494. The maximum absolute atomic E-state index is 13.1. The SMILES string of the molecule is O=C(CO)c1ccc2c(c1)C[C@@]1(CC2)CCN(Cc2cnc(Cl)s2)C1=O. The fraction of sp³-hybridized carbons (Fsp3) is 0.421. The molecular weight excluding hydrogens is 372 g/mol. The van der Waals surface area contributed by atoms with Crippen molar-refractivity contribution in [3.8, 4) is 0 Å². The van der Waals surface area contributed by atoms with Crippen LogP contribution in [-0.2, 0) is 24.2 Å². The van der Waals surface area contributed by atoms with Crippen molar-refractivity contribution < 1.29 is 14.7 Å². The van der Waals surface area contributed by atoms with Crippen LogP contribution in [0.4, 0.5) is 0 Å². The number of ketones is 1. The van der Waals surface area contributed by atoms with Crippen LogP contribution in [0, 0.1) is 5.41 Å². The summed E-state index contributed by atoms with van der Waals surface area (Å²) in [6, 6.07) is 5.58. The van der Waals surface area contributed by atoms with Crippen LogP contribution in [0.3, 0.4) is 0 Å². The summed E-state index contributed by atoms with van der Waals surface area (Å²) in [6.07, 6.45) is 4.90. The largest absolute Gasteiger partial charge is 0.388 e. The molecule has 136 valence electrons. The molecule has 1 aliphatic heterocycles. The summed E-state index contributed by atoms with van der Waals surface area (Å²) in [5.41, 5.74) is 2.41. The Morgan fingerprint density at radius 2 is 2.19 bits per heavy atom. The van der Waals surface area contributed by atoms with Crippen LogP contribution < -0.4 is 0 Å². The van der Waals surface area contributed by atoms with Crippen molar-refractivity contribution in [2.45, 2.75) is 32.2 Å². The van der Waals surface area contributed by atoms with E-state index in [2.05, 4.69) is 4.98 Å². The van der Waals surface area contributed by atoms with E-state index in [9.17, 15) is 9.59 Å². The van der Waals surface area contributed by atoms with E-state index >= 15 is 0 Å². The highest BCUT2D eigenvalue weighted by Crippen LogP contribution is 2.44. The molecule has 0 radical (unpaired) electrons.